The molecule has 1 saturated heterocycles. The van der Waals surface area contributed by atoms with E-state index in [4.69, 9.17) is 4.74 Å². The highest BCUT2D eigenvalue weighted by Gasteiger charge is 2.28. The van der Waals surface area contributed by atoms with E-state index in [2.05, 4.69) is 24.1 Å². The van der Waals surface area contributed by atoms with Crippen molar-refractivity contribution in [3.8, 4) is 5.75 Å². The van der Waals surface area contributed by atoms with Crippen molar-refractivity contribution in [2.24, 2.45) is 11.8 Å². The van der Waals surface area contributed by atoms with Crippen molar-refractivity contribution in [3.05, 3.63) is 29.8 Å². The van der Waals surface area contributed by atoms with Gasteiger partial charge >= 0.3 is 0 Å². The summed E-state index contributed by atoms with van der Waals surface area (Å²) in [7, 11) is 1.65. The number of rotatable bonds is 5. The fourth-order valence-electron chi connectivity index (χ4n) is 3.27. The first-order valence-electron chi connectivity index (χ1n) is 8.14. The van der Waals surface area contributed by atoms with Gasteiger partial charge in [-0.05, 0) is 42.9 Å². The summed E-state index contributed by atoms with van der Waals surface area (Å²) in [5.41, 5.74) is 1.08. The Kier molecular flexibility index (Phi) is 5.83. The van der Waals surface area contributed by atoms with E-state index in [0.717, 1.165) is 24.4 Å². The number of carbonyl (C=O) groups is 1. The Hall–Kier alpha value is -1.55. The second kappa shape index (κ2) is 7.63. The molecule has 4 nitrogen and oxygen atoms in total. The van der Waals surface area contributed by atoms with Gasteiger partial charge in [-0.3, -0.25) is 9.69 Å². The number of hydrogen-bond donors (Lipinski definition) is 1. The van der Waals surface area contributed by atoms with Gasteiger partial charge in [0.25, 0.3) is 0 Å². The molecule has 0 bridgehead atoms. The van der Waals surface area contributed by atoms with Crippen LogP contribution in [0.5, 0.6) is 5.75 Å². The summed E-state index contributed by atoms with van der Waals surface area (Å²) >= 11 is 0. The number of piperidine rings is 1. The molecule has 0 aromatic heterocycles. The summed E-state index contributed by atoms with van der Waals surface area (Å²) in [4.78, 5) is 14.7. The Balaban J connectivity index is 1.85. The summed E-state index contributed by atoms with van der Waals surface area (Å²) in [5.74, 6) is 2.28. The Morgan fingerprint density at radius 2 is 1.86 bits per heavy atom. The third kappa shape index (κ3) is 4.47. The van der Waals surface area contributed by atoms with E-state index in [1.54, 1.807) is 7.11 Å². The third-order valence-corrected chi connectivity index (χ3v) is 4.45. The van der Waals surface area contributed by atoms with Crippen LogP contribution in [0.1, 0.15) is 32.8 Å². The molecule has 1 aliphatic heterocycles. The van der Waals surface area contributed by atoms with E-state index in [1.165, 1.54) is 6.42 Å². The highest BCUT2D eigenvalue weighted by molar-refractivity contribution is 5.81. The molecular formula is C18H28N2O2. The molecule has 1 heterocycles. The Bertz CT molecular complexity index is 476. The van der Waals surface area contributed by atoms with Crippen LogP contribution in [-0.4, -0.2) is 37.0 Å². The predicted molar refractivity (Wildman–Crippen MR) is 88.8 cm³/mol. The van der Waals surface area contributed by atoms with Crippen LogP contribution in [0.2, 0.25) is 0 Å². The molecule has 122 valence electrons. The number of nitrogens with zero attached hydrogens (tertiary/aromatic N) is 1. The fraction of sp³-hybridized carbons (Fsp3) is 0.611. The third-order valence-electron chi connectivity index (χ3n) is 4.45. The quantitative estimate of drug-likeness (QED) is 0.909. The number of methoxy groups -OCH3 is 1. The van der Waals surface area contributed by atoms with Crippen LogP contribution in [0, 0.1) is 11.8 Å². The minimum absolute atomic E-state index is 0.0663. The van der Waals surface area contributed by atoms with Crippen LogP contribution in [0.15, 0.2) is 24.3 Å². The standard InChI is InChI=1S/C18H28N2O2/c1-13-9-14(2)12-20(11-13)15(3)18(21)19-10-16-5-7-17(22-4)8-6-16/h5-8,13-15H,9-12H2,1-4H3,(H,19,21). The average molecular weight is 304 g/mol. The smallest absolute Gasteiger partial charge is 0.237 e. The summed E-state index contributed by atoms with van der Waals surface area (Å²) in [5, 5.41) is 3.04. The van der Waals surface area contributed by atoms with Gasteiger partial charge in [-0.25, -0.2) is 0 Å². The van der Waals surface area contributed by atoms with Gasteiger partial charge < -0.3 is 10.1 Å². The van der Waals surface area contributed by atoms with Crippen molar-refractivity contribution in [1.29, 1.82) is 0 Å². The van der Waals surface area contributed by atoms with Crippen molar-refractivity contribution in [3.63, 3.8) is 0 Å². The molecule has 3 unspecified atom stereocenters. The van der Waals surface area contributed by atoms with Crippen LogP contribution in [0.25, 0.3) is 0 Å². The lowest BCUT2D eigenvalue weighted by atomic mass is 9.91. The molecule has 1 aliphatic rings. The average Bonchev–Trinajstić information content (AvgIpc) is 2.51. The fourth-order valence-corrected chi connectivity index (χ4v) is 3.27. The van der Waals surface area contributed by atoms with Crippen LogP contribution in [0.3, 0.4) is 0 Å². The number of nitrogens with one attached hydrogen (secondary N) is 1. The van der Waals surface area contributed by atoms with Crippen LogP contribution in [-0.2, 0) is 11.3 Å². The monoisotopic (exact) mass is 304 g/mol. The molecule has 22 heavy (non-hydrogen) atoms. The van der Waals surface area contributed by atoms with Crippen LogP contribution < -0.4 is 10.1 Å². The highest BCUT2D eigenvalue weighted by atomic mass is 16.5. The molecule has 4 heteroatoms. The second-order valence-corrected chi connectivity index (χ2v) is 6.64. The van der Waals surface area contributed by atoms with Crippen LogP contribution >= 0.6 is 0 Å². The van der Waals surface area contributed by atoms with Crippen molar-refractivity contribution in [1.82, 2.24) is 10.2 Å². The number of ether oxygens (including phenoxy) is 1. The van der Waals surface area contributed by atoms with Crippen molar-refractivity contribution < 1.29 is 9.53 Å². The molecular weight excluding hydrogens is 276 g/mol. The van der Waals surface area contributed by atoms with Crippen molar-refractivity contribution in [2.45, 2.75) is 39.8 Å². The largest absolute Gasteiger partial charge is 0.497 e. The first-order valence-corrected chi connectivity index (χ1v) is 8.14. The molecule has 1 aromatic carbocycles. The van der Waals surface area contributed by atoms with Crippen LogP contribution in [0.4, 0.5) is 0 Å². The molecule has 1 fully saturated rings. The minimum atomic E-state index is -0.0663. The number of likely N-dealkylation sites (tertiary alicyclic amines) is 1. The molecule has 0 saturated carbocycles. The lowest BCUT2D eigenvalue weighted by Gasteiger charge is -2.38. The van der Waals surface area contributed by atoms with Gasteiger partial charge in [0.05, 0.1) is 13.2 Å². The van der Waals surface area contributed by atoms with Gasteiger partial charge in [0.2, 0.25) is 5.91 Å². The van der Waals surface area contributed by atoms with E-state index >= 15 is 0 Å². The second-order valence-electron chi connectivity index (χ2n) is 6.64. The number of amides is 1. The highest BCUT2D eigenvalue weighted by Crippen LogP contribution is 2.22. The minimum Gasteiger partial charge on any atom is -0.497 e. The zero-order valence-electron chi connectivity index (χ0n) is 14.1. The molecule has 0 aliphatic carbocycles. The van der Waals surface area contributed by atoms with Gasteiger partial charge in [-0.1, -0.05) is 26.0 Å². The molecule has 0 spiro atoms. The van der Waals surface area contributed by atoms with E-state index in [-0.39, 0.29) is 11.9 Å². The lowest BCUT2D eigenvalue weighted by molar-refractivity contribution is -0.127. The first-order chi connectivity index (χ1) is 10.5. The summed E-state index contributed by atoms with van der Waals surface area (Å²) in [6.07, 6.45) is 1.26. The lowest BCUT2D eigenvalue weighted by Crippen LogP contribution is -2.50. The Morgan fingerprint density at radius 1 is 1.27 bits per heavy atom. The molecule has 3 atom stereocenters. The van der Waals surface area contributed by atoms with E-state index in [1.807, 2.05) is 31.2 Å². The number of benzene rings is 1. The van der Waals surface area contributed by atoms with E-state index in [9.17, 15) is 4.79 Å². The molecule has 1 amide bonds. The zero-order valence-corrected chi connectivity index (χ0v) is 14.1. The van der Waals surface area contributed by atoms with Crippen molar-refractivity contribution >= 4 is 5.91 Å². The Morgan fingerprint density at radius 3 is 2.41 bits per heavy atom. The summed E-state index contributed by atoms with van der Waals surface area (Å²) < 4.78 is 5.14. The van der Waals surface area contributed by atoms with E-state index < -0.39 is 0 Å². The molecule has 0 radical (unpaired) electrons. The van der Waals surface area contributed by atoms with Gasteiger partial charge in [0.1, 0.15) is 5.75 Å². The van der Waals surface area contributed by atoms with E-state index in [0.29, 0.717) is 18.4 Å². The van der Waals surface area contributed by atoms with Gasteiger partial charge in [-0.2, -0.15) is 0 Å². The normalized spacial score (nSPS) is 23.8. The predicted octanol–water partition coefficient (Wildman–Crippen LogP) is 2.68. The van der Waals surface area contributed by atoms with Crippen molar-refractivity contribution in [2.75, 3.05) is 20.2 Å². The zero-order chi connectivity index (χ0) is 16.1. The number of hydrogen-bond acceptors (Lipinski definition) is 3. The maximum absolute atomic E-state index is 12.4. The maximum atomic E-state index is 12.4. The SMILES string of the molecule is COc1ccc(CNC(=O)C(C)N2CC(C)CC(C)C2)cc1. The topological polar surface area (TPSA) is 41.6 Å². The molecule has 2 rings (SSSR count). The summed E-state index contributed by atoms with van der Waals surface area (Å²) in [6.45, 7) is 9.14. The maximum Gasteiger partial charge on any atom is 0.237 e. The Labute approximate surface area is 133 Å². The van der Waals surface area contributed by atoms with Gasteiger partial charge in [0.15, 0.2) is 0 Å². The first kappa shape index (κ1) is 16.8. The molecule has 1 aromatic rings. The van der Waals surface area contributed by atoms with Gasteiger partial charge in [0, 0.05) is 19.6 Å². The van der Waals surface area contributed by atoms with Gasteiger partial charge in [-0.15, -0.1) is 0 Å². The number of carbonyl (C=O) groups excluding carboxylic acids is 1. The molecule has 1 N–H and O–H groups in total. The summed E-state index contributed by atoms with van der Waals surface area (Å²) in [6, 6.07) is 7.73.